The first-order chi connectivity index (χ1) is 18.3. The number of benzene rings is 1. The maximum atomic E-state index is 13.5. The summed E-state index contributed by atoms with van der Waals surface area (Å²) in [6, 6.07) is 3.75. The number of phenols is 1. The van der Waals surface area contributed by atoms with Gasteiger partial charge in [0, 0.05) is 36.6 Å². The molecule has 1 aromatic heterocycles. The zero-order chi connectivity index (χ0) is 27.2. The Morgan fingerprint density at radius 2 is 1.92 bits per heavy atom. The molecule has 1 aliphatic heterocycles. The summed E-state index contributed by atoms with van der Waals surface area (Å²) in [6.45, 7) is 3.46. The summed E-state index contributed by atoms with van der Waals surface area (Å²) in [4.78, 5) is 40.2. The number of hydrogen-bond donors (Lipinski definition) is 3. The molecule has 206 valence electrons. The number of phenolic OH excluding ortho intramolecular Hbond substituents is 1. The van der Waals surface area contributed by atoms with Gasteiger partial charge in [0.15, 0.2) is 5.78 Å². The normalized spacial score (nSPS) is 19.7. The van der Waals surface area contributed by atoms with E-state index in [-0.39, 0.29) is 54.4 Å². The number of Topliss-reactive ketones (excluding diaryl/α,β-unsaturated/α-hetero) is 3. The molecular weight excluding hydrogens is 486 g/mol. The fraction of sp³-hybridized carbons (Fsp3) is 0.567. The van der Waals surface area contributed by atoms with E-state index >= 15 is 0 Å². The summed E-state index contributed by atoms with van der Waals surface area (Å²) in [5, 5.41) is 30.9. The Hall–Kier alpha value is -2.81. The lowest BCUT2D eigenvalue weighted by molar-refractivity contribution is -0.131. The van der Waals surface area contributed by atoms with Crippen molar-refractivity contribution in [3.05, 3.63) is 41.3 Å². The fourth-order valence-corrected chi connectivity index (χ4v) is 6.30. The number of nitrogens with zero attached hydrogens (tertiary/aromatic N) is 1. The first-order valence-electron chi connectivity index (χ1n) is 13.7. The van der Waals surface area contributed by atoms with Gasteiger partial charge in [0.1, 0.15) is 17.3 Å². The summed E-state index contributed by atoms with van der Waals surface area (Å²) in [6.07, 6.45) is 7.88. The zero-order valence-corrected chi connectivity index (χ0v) is 22.2. The van der Waals surface area contributed by atoms with Crippen molar-refractivity contribution in [1.82, 2.24) is 4.90 Å². The number of aliphatic hydroxyl groups excluding tert-OH is 2. The molecule has 1 aromatic carbocycles. The van der Waals surface area contributed by atoms with E-state index < -0.39 is 12.5 Å². The van der Waals surface area contributed by atoms with Crippen molar-refractivity contribution in [2.75, 3.05) is 26.3 Å². The monoisotopic (exact) mass is 525 g/mol. The number of furan rings is 1. The molecule has 0 radical (unpaired) electrons. The van der Waals surface area contributed by atoms with Crippen molar-refractivity contribution in [3.8, 4) is 16.9 Å². The van der Waals surface area contributed by atoms with Crippen molar-refractivity contribution in [3.63, 3.8) is 0 Å². The average molecular weight is 526 g/mol. The molecule has 0 amide bonds. The van der Waals surface area contributed by atoms with Crippen molar-refractivity contribution in [2.45, 2.75) is 64.8 Å². The quantitative estimate of drug-likeness (QED) is 0.356. The second kappa shape index (κ2) is 12.8. The van der Waals surface area contributed by atoms with E-state index in [2.05, 4.69) is 4.90 Å². The van der Waals surface area contributed by atoms with Crippen LogP contribution in [0.4, 0.5) is 0 Å². The summed E-state index contributed by atoms with van der Waals surface area (Å²) in [7, 11) is 0. The van der Waals surface area contributed by atoms with Gasteiger partial charge in [0.05, 0.1) is 31.1 Å². The van der Waals surface area contributed by atoms with Gasteiger partial charge in [0.2, 0.25) is 0 Å². The van der Waals surface area contributed by atoms with Gasteiger partial charge in [-0.05, 0) is 87.2 Å². The fourth-order valence-electron chi connectivity index (χ4n) is 6.30. The minimum atomic E-state index is -0.757. The van der Waals surface area contributed by atoms with Gasteiger partial charge in [-0.2, -0.15) is 0 Å². The standard InChI is InChI=1S/C30H39NO7/c1-19(34)11-27(35)26(17-33)21(5-9-32)12-20-13-24-23(16-31-7-3-2-4-8-31)15-25(22-6-10-38-18-22)30(37)29(24)28(36)14-20/h6,10,15,18,20-21,26,32-33,37H,2-5,7-9,11-14,16-17H2,1H3. The zero-order valence-electron chi connectivity index (χ0n) is 22.2. The lowest BCUT2D eigenvalue weighted by Gasteiger charge is -2.33. The second-order valence-electron chi connectivity index (χ2n) is 11.0. The van der Waals surface area contributed by atoms with E-state index in [4.69, 9.17) is 4.42 Å². The molecule has 0 spiro atoms. The van der Waals surface area contributed by atoms with E-state index in [1.54, 1.807) is 18.6 Å². The van der Waals surface area contributed by atoms with E-state index in [1.165, 1.54) is 13.3 Å². The van der Waals surface area contributed by atoms with Crippen LogP contribution in [-0.2, 0) is 22.6 Å². The van der Waals surface area contributed by atoms with E-state index in [0.29, 0.717) is 36.9 Å². The summed E-state index contributed by atoms with van der Waals surface area (Å²) in [5.74, 6) is -1.96. The van der Waals surface area contributed by atoms with Crippen LogP contribution in [0.2, 0.25) is 0 Å². The lowest BCUT2D eigenvalue weighted by atomic mass is 9.72. The van der Waals surface area contributed by atoms with Crippen LogP contribution in [0.1, 0.15) is 73.4 Å². The maximum absolute atomic E-state index is 13.5. The third-order valence-electron chi connectivity index (χ3n) is 8.16. The van der Waals surface area contributed by atoms with Gasteiger partial charge in [0.25, 0.3) is 0 Å². The van der Waals surface area contributed by atoms with Crippen LogP contribution in [0.3, 0.4) is 0 Å². The molecule has 2 aliphatic rings. The van der Waals surface area contributed by atoms with Gasteiger partial charge in [-0.15, -0.1) is 0 Å². The Balaban J connectivity index is 1.66. The topological polar surface area (TPSA) is 128 Å². The molecule has 8 nitrogen and oxygen atoms in total. The molecule has 2 heterocycles. The molecular formula is C30H39NO7. The summed E-state index contributed by atoms with van der Waals surface area (Å²) < 4.78 is 5.25. The summed E-state index contributed by atoms with van der Waals surface area (Å²) in [5.41, 5.74) is 3.54. The number of ketones is 3. The molecule has 1 fully saturated rings. The number of carbonyl (C=O) groups is 3. The van der Waals surface area contributed by atoms with Gasteiger partial charge in [-0.3, -0.25) is 19.3 Å². The van der Waals surface area contributed by atoms with E-state index in [1.807, 2.05) is 6.07 Å². The Morgan fingerprint density at radius 3 is 2.55 bits per heavy atom. The van der Waals surface area contributed by atoms with Crippen LogP contribution in [0.15, 0.2) is 29.1 Å². The molecule has 0 bridgehead atoms. The molecule has 4 rings (SSSR count). The molecule has 2 aromatic rings. The molecule has 3 N–H and O–H groups in total. The predicted molar refractivity (Wildman–Crippen MR) is 142 cm³/mol. The predicted octanol–water partition coefficient (Wildman–Crippen LogP) is 3.93. The Labute approximate surface area is 223 Å². The maximum Gasteiger partial charge on any atom is 0.167 e. The minimum Gasteiger partial charge on any atom is -0.507 e. The smallest absolute Gasteiger partial charge is 0.167 e. The third kappa shape index (κ3) is 6.42. The molecule has 0 saturated carbocycles. The third-order valence-corrected chi connectivity index (χ3v) is 8.16. The number of carbonyl (C=O) groups excluding carboxylic acids is 3. The highest BCUT2D eigenvalue weighted by Gasteiger charge is 2.36. The number of aliphatic hydroxyl groups is 2. The number of fused-ring (bicyclic) bond motifs is 1. The highest BCUT2D eigenvalue weighted by molar-refractivity contribution is 6.03. The Bertz CT molecular complexity index is 1130. The molecule has 1 aliphatic carbocycles. The van der Waals surface area contributed by atoms with Crippen LogP contribution in [-0.4, -0.2) is 63.9 Å². The summed E-state index contributed by atoms with van der Waals surface area (Å²) >= 11 is 0. The minimum absolute atomic E-state index is 0.0241. The molecule has 1 saturated heterocycles. The van der Waals surface area contributed by atoms with Gasteiger partial charge in [-0.1, -0.05) is 6.42 Å². The first kappa shape index (κ1) is 28.2. The highest BCUT2D eigenvalue weighted by Crippen LogP contribution is 2.43. The number of aromatic hydroxyl groups is 1. The van der Waals surface area contributed by atoms with Crippen molar-refractivity contribution >= 4 is 17.3 Å². The van der Waals surface area contributed by atoms with Crippen molar-refractivity contribution in [2.24, 2.45) is 17.8 Å². The molecule has 3 atom stereocenters. The number of rotatable bonds is 12. The van der Waals surface area contributed by atoms with Crippen LogP contribution < -0.4 is 0 Å². The average Bonchev–Trinajstić information content (AvgIpc) is 3.41. The number of piperidine rings is 1. The number of likely N-dealkylation sites (tertiary alicyclic amines) is 1. The number of hydrogen-bond acceptors (Lipinski definition) is 8. The van der Waals surface area contributed by atoms with Crippen LogP contribution in [0, 0.1) is 17.8 Å². The molecule has 3 unspecified atom stereocenters. The first-order valence-corrected chi connectivity index (χ1v) is 13.7. The Morgan fingerprint density at radius 1 is 1.16 bits per heavy atom. The Kier molecular flexibility index (Phi) is 9.52. The SMILES string of the molecule is CC(=O)CC(=O)C(CO)C(CCO)CC1CC(=O)c2c(O)c(-c3ccoc3)cc(CN3CCCCC3)c2C1. The van der Waals surface area contributed by atoms with Gasteiger partial charge in [-0.25, -0.2) is 0 Å². The van der Waals surface area contributed by atoms with Crippen LogP contribution in [0.25, 0.3) is 11.1 Å². The largest absolute Gasteiger partial charge is 0.507 e. The van der Waals surface area contributed by atoms with Crippen LogP contribution >= 0.6 is 0 Å². The van der Waals surface area contributed by atoms with Crippen molar-refractivity contribution in [1.29, 1.82) is 0 Å². The second-order valence-corrected chi connectivity index (χ2v) is 11.0. The van der Waals surface area contributed by atoms with Crippen molar-refractivity contribution < 1.29 is 34.1 Å². The molecule has 8 heteroatoms. The van der Waals surface area contributed by atoms with E-state index in [0.717, 1.165) is 42.6 Å². The van der Waals surface area contributed by atoms with Gasteiger partial charge < -0.3 is 19.7 Å². The lowest BCUT2D eigenvalue weighted by Crippen LogP contribution is -2.33. The van der Waals surface area contributed by atoms with E-state index in [9.17, 15) is 29.7 Å². The highest BCUT2D eigenvalue weighted by atomic mass is 16.3. The van der Waals surface area contributed by atoms with Gasteiger partial charge >= 0.3 is 0 Å². The molecule has 38 heavy (non-hydrogen) atoms. The van der Waals surface area contributed by atoms with Crippen LogP contribution in [0.5, 0.6) is 5.75 Å².